The quantitative estimate of drug-likeness (QED) is 0.773. The summed E-state index contributed by atoms with van der Waals surface area (Å²) in [6.45, 7) is 7.57. The lowest BCUT2D eigenvalue weighted by Gasteiger charge is -2.13. The Labute approximate surface area is 108 Å². The second kappa shape index (κ2) is 5.37. The highest BCUT2D eigenvalue weighted by Crippen LogP contribution is 2.37. The zero-order valence-electron chi connectivity index (χ0n) is 11.3. The lowest BCUT2D eigenvalue weighted by Crippen LogP contribution is -2.19. The molecule has 0 spiro atoms. The fourth-order valence-electron chi connectivity index (χ4n) is 1.50. The van der Waals surface area contributed by atoms with Crippen LogP contribution >= 0.6 is 0 Å². The Balaban J connectivity index is 2.13. The second-order valence-corrected chi connectivity index (χ2v) is 4.81. The molecule has 0 unspecified atom stereocenters. The molecule has 0 atom stereocenters. The third-order valence-corrected chi connectivity index (χ3v) is 2.84. The molecule has 6 heteroatoms. The molecule has 0 aromatic carbocycles. The van der Waals surface area contributed by atoms with Crippen LogP contribution in [-0.4, -0.2) is 33.6 Å². The van der Waals surface area contributed by atoms with Crippen molar-refractivity contribution in [3.63, 3.8) is 0 Å². The molecule has 18 heavy (non-hydrogen) atoms. The van der Waals surface area contributed by atoms with E-state index in [1.54, 1.807) is 0 Å². The summed E-state index contributed by atoms with van der Waals surface area (Å²) in [4.78, 5) is 12.8. The van der Waals surface area contributed by atoms with E-state index in [1.165, 1.54) is 0 Å². The van der Waals surface area contributed by atoms with Gasteiger partial charge in [-0.25, -0.2) is 0 Å². The third kappa shape index (κ3) is 3.45. The van der Waals surface area contributed by atoms with Crippen LogP contribution < -0.4 is 15.4 Å². The standard InChI is InChI=1S/C12H21N5O/c1-4-8-13-9-14-10(17-12(3)6-7-12)16-11(15-9)18-5-2/h4-8H2,1-3H3,(H2,13,14,15,16,17). The molecule has 1 aliphatic carbocycles. The van der Waals surface area contributed by atoms with Crippen LogP contribution in [0.25, 0.3) is 0 Å². The van der Waals surface area contributed by atoms with E-state index in [-0.39, 0.29) is 5.54 Å². The van der Waals surface area contributed by atoms with Gasteiger partial charge in [-0.2, -0.15) is 15.0 Å². The van der Waals surface area contributed by atoms with E-state index in [1.807, 2.05) is 6.92 Å². The third-order valence-electron chi connectivity index (χ3n) is 2.84. The summed E-state index contributed by atoms with van der Waals surface area (Å²) >= 11 is 0. The van der Waals surface area contributed by atoms with Gasteiger partial charge < -0.3 is 15.4 Å². The molecule has 2 rings (SSSR count). The highest BCUT2D eigenvalue weighted by Gasteiger charge is 2.38. The molecule has 0 aliphatic heterocycles. The summed E-state index contributed by atoms with van der Waals surface area (Å²) < 4.78 is 5.36. The predicted molar refractivity (Wildman–Crippen MR) is 71.0 cm³/mol. The number of hydrogen-bond acceptors (Lipinski definition) is 6. The van der Waals surface area contributed by atoms with Crippen molar-refractivity contribution in [3.05, 3.63) is 0 Å². The first-order valence-corrected chi connectivity index (χ1v) is 6.56. The minimum atomic E-state index is 0.146. The molecule has 1 aromatic rings. The topological polar surface area (TPSA) is 72.0 Å². The van der Waals surface area contributed by atoms with Crippen LogP contribution in [0.2, 0.25) is 0 Å². The average molecular weight is 251 g/mol. The van der Waals surface area contributed by atoms with Crippen LogP contribution in [0, 0.1) is 0 Å². The molecular formula is C12H21N5O. The van der Waals surface area contributed by atoms with Crippen LogP contribution in [-0.2, 0) is 0 Å². The lowest BCUT2D eigenvalue weighted by atomic mass is 10.3. The van der Waals surface area contributed by atoms with Crippen molar-refractivity contribution in [3.8, 4) is 6.01 Å². The number of rotatable bonds is 7. The van der Waals surface area contributed by atoms with Gasteiger partial charge in [0.05, 0.1) is 6.61 Å². The first kappa shape index (κ1) is 12.9. The Morgan fingerprint density at radius 2 is 1.89 bits per heavy atom. The smallest absolute Gasteiger partial charge is 0.323 e. The van der Waals surface area contributed by atoms with Crippen LogP contribution in [0.1, 0.15) is 40.0 Å². The molecule has 100 valence electrons. The Bertz CT molecular complexity index is 405. The molecule has 1 heterocycles. The summed E-state index contributed by atoms with van der Waals surface area (Å²) in [6, 6.07) is 0.373. The Morgan fingerprint density at radius 3 is 2.50 bits per heavy atom. The molecular weight excluding hydrogens is 230 g/mol. The van der Waals surface area contributed by atoms with Gasteiger partial charge in [-0.05, 0) is 33.1 Å². The van der Waals surface area contributed by atoms with Crippen molar-refractivity contribution in [1.29, 1.82) is 0 Å². The molecule has 2 N–H and O–H groups in total. The Kier molecular flexibility index (Phi) is 3.84. The molecule has 0 amide bonds. The first-order valence-electron chi connectivity index (χ1n) is 6.56. The van der Waals surface area contributed by atoms with Gasteiger partial charge in [0.25, 0.3) is 0 Å². The fraction of sp³-hybridized carbons (Fsp3) is 0.750. The van der Waals surface area contributed by atoms with Crippen LogP contribution in [0.3, 0.4) is 0 Å². The van der Waals surface area contributed by atoms with Gasteiger partial charge in [0.2, 0.25) is 11.9 Å². The number of ether oxygens (including phenoxy) is 1. The maximum atomic E-state index is 5.36. The van der Waals surface area contributed by atoms with Gasteiger partial charge in [-0.15, -0.1) is 0 Å². The average Bonchev–Trinajstić information content (AvgIpc) is 3.04. The Morgan fingerprint density at radius 1 is 1.17 bits per heavy atom. The number of nitrogens with one attached hydrogen (secondary N) is 2. The monoisotopic (exact) mass is 251 g/mol. The fourth-order valence-corrected chi connectivity index (χ4v) is 1.50. The summed E-state index contributed by atoms with van der Waals surface area (Å²) in [7, 11) is 0. The summed E-state index contributed by atoms with van der Waals surface area (Å²) in [5, 5.41) is 6.48. The van der Waals surface area contributed by atoms with Crippen LogP contribution in [0.15, 0.2) is 0 Å². The van der Waals surface area contributed by atoms with Crippen molar-refractivity contribution in [2.24, 2.45) is 0 Å². The summed E-state index contributed by atoms with van der Waals surface area (Å²) in [6.07, 6.45) is 3.33. The van der Waals surface area contributed by atoms with E-state index in [9.17, 15) is 0 Å². The summed E-state index contributed by atoms with van der Waals surface area (Å²) in [5.74, 6) is 1.16. The minimum Gasteiger partial charge on any atom is -0.464 e. The van der Waals surface area contributed by atoms with Gasteiger partial charge in [-0.3, -0.25) is 0 Å². The second-order valence-electron chi connectivity index (χ2n) is 4.81. The molecule has 0 saturated heterocycles. The molecule has 1 aliphatic rings. The normalized spacial score (nSPS) is 16.2. The molecule has 1 fully saturated rings. The van der Waals surface area contributed by atoms with Crippen LogP contribution in [0.4, 0.5) is 11.9 Å². The van der Waals surface area contributed by atoms with E-state index in [2.05, 4.69) is 39.4 Å². The van der Waals surface area contributed by atoms with Crippen molar-refractivity contribution in [1.82, 2.24) is 15.0 Å². The van der Waals surface area contributed by atoms with Crippen molar-refractivity contribution >= 4 is 11.9 Å². The Hall–Kier alpha value is -1.59. The highest BCUT2D eigenvalue weighted by molar-refractivity contribution is 5.39. The molecule has 0 radical (unpaired) electrons. The summed E-state index contributed by atoms with van der Waals surface area (Å²) in [5.41, 5.74) is 0.146. The van der Waals surface area contributed by atoms with Crippen molar-refractivity contribution in [2.75, 3.05) is 23.8 Å². The van der Waals surface area contributed by atoms with Crippen LogP contribution in [0.5, 0.6) is 6.01 Å². The van der Waals surface area contributed by atoms with E-state index in [0.29, 0.717) is 24.5 Å². The largest absolute Gasteiger partial charge is 0.464 e. The highest BCUT2D eigenvalue weighted by atomic mass is 16.5. The molecule has 6 nitrogen and oxygen atoms in total. The lowest BCUT2D eigenvalue weighted by molar-refractivity contribution is 0.312. The maximum absolute atomic E-state index is 5.36. The number of anilines is 2. The molecule has 1 saturated carbocycles. The van der Waals surface area contributed by atoms with E-state index in [4.69, 9.17) is 4.74 Å². The van der Waals surface area contributed by atoms with Crippen molar-refractivity contribution in [2.45, 2.75) is 45.6 Å². The number of nitrogens with zero attached hydrogens (tertiary/aromatic N) is 3. The van der Waals surface area contributed by atoms with Gasteiger partial charge in [0.1, 0.15) is 0 Å². The molecule has 1 aromatic heterocycles. The van der Waals surface area contributed by atoms with Gasteiger partial charge in [-0.1, -0.05) is 6.92 Å². The minimum absolute atomic E-state index is 0.146. The van der Waals surface area contributed by atoms with E-state index in [0.717, 1.165) is 25.8 Å². The predicted octanol–water partition coefficient (Wildman–Crippen LogP) is 2.06. The number of hydrogen-bond donors (Lipinski definition) is 2. The maximum Gasteiger partial charge on any atom is 0.323 e. The van der Waals surface area contributed by atoms with Crippen molar-refractivity contribution < 1.29 is 4.74 Å². The van der Waals surface area contributed by atoms with Gasteiger partial charge in [0, 0.05) is 12.1 Å². The zero-order valence-corrected chi connectivity index (χ0v) is 11.3. The molecule has 0 bridgehead atoms. The zero-order chi connectivity index (χ0) is 13.0. The SMILES string of the molecule is CCCNc1nc(NC2(C)CC2)nc(OCC)n1. The van der Waals surface area contributed by atoms with Gasteiger partial charge >= 0.3 is 6.01 Å². The van der Waals surface area contributed by atoms with Gasteiger partial charge in [0.15, 0.2) is 0 Å². The van der Waals surface area contributed by atoms with E-state index < -0.39 is 0 Å². The number of aromatic nitrogens is 3. The first-order chi connectivity index (χ1) is 8.65. The van der Waals surface area contributed by atoms with E-state index >= 15 is 0 Å².